The predicted molar refractivity (Wildman–Crippen MR) is 91.2 cm³/mol. The van der Waals surface area contributed by atoms with E-state index in [0.29, 0.717) is 22.5 Å². The van der Waals surface area contributed by atoms with Gasteiger partial charge < -0.3 is 4.55 Å². The Labute approximate surface area is 142 Å². The smallest absolute Gasteiger partial charge is 0.143 e. The highest BCUT2D eigenvalue weighted by Gasteiger charge is 2.33. The van der Waals surface area contributed by atoms with Gasteiger partial charge in [-0.3, -0.25) is 0 Å². The predicted octanol–water partition coefficient (Wildman–Crippen LogP) is 4.58. The van der Waals surface area contributed by atoms with Gasteiger partial charge in [0.15, 0.2) is 0 Å². The summed E-state index contributed by atoms with van der Waals surface area (Å²) in [5, 5.41) is 6.58. The molecule has 0 aliphatic carbocycles. The molecule has 22 heavy (non-hydrogen) atoms. The summed E-state index contributed by atoms with van der Waals surface area (Å²) in [6, 6.07) is 4.63. The normalized spacial score (nSPS) is 15.1. The molecule has 2 aromatic rings. The van der Waals surface area contributed by atoms with Crippen molar-refractivity contribution >= 4 is 45.5 Å². The van der Waals surface area contributed by atoms with Crippen LogP contribution in [0.2, 0.25) is 10.2 Å². The van der Waals surface area contributed by atoms with E-state index in [9.17, 15) is 8.94 Å². The molecule has 0 saturated carbocycles. The molecule has 0 aliphatic rings. The third kappa shape index (κ3) is 3.66. The van der Waals surface area contributed by atoms with E-state index in [1.54, 1.807) is 0 Å². The summed E-state index contributed by atoms with van der Waals surface area (Å²) in [5.41, 5.74) is 1.25. The van der Waals surface area contributed by atoms with E-state index in [1.807, 2.05) is 26.8 Å². The minimum atomic E-state index is -1.44. The van der Waals surface area contributed by atoms with Crippen molar-refractivity contribution in [2.45, 2.75) is 37.9 Å². The SMILES string of the molecule is CC(CC(C)(C)[S+](N)[O-])c1cc2cc(Cl)c(F)cc2nc1Cl. The van der Waals surface area contributed by atoms with Gasteiger partial charge in [-0.2, -0.15) is 5.14 Å². The molecular weight excluding hydrogens is 346 g/mol. The van der Waals surface area contributed by atoms with E-state index in [-0.39, 0.29) is 10.9 Å². The van der Waals surface area contributed by atoms with Gasteiger partial charge in [0, 0.05) is 29.2 Å². The number of benzene rings is 1. The summed E-state index contributed by atoms with van der Waals surface area (Å²) in [4.78, 5) is 4.23. The summed E-state index contributed by atoms with van der Waals surface area (Å²) in [5.74, 6) is -0.533. The molecule has 2 unspecified atom stereocenters. The van der Waals surface area contributed by atoms with Crippen LogP contribution in [-0.2, 0) is 11.4 Å². The first-order valence-corrected chi connectivity index (χ1v) is 8.70. The number of aromatic nitrogens is 1. The average molecular weight is 363 g/mol. The molecule has 2 rings (SSSR count). The Morgan fingerprint density at radius 2 is 2.00 bits per heavy atom. The van der Waals surface area contributed by atoms with Crippen molar-refractivity contribution < 1.29 is 8.94 Å². The van der Waals surface area contributed by atoms with Crippen LogP contribution >= 0.6 is 23.2 Å². The molecule has 1 aromatic carbocycles. The van der Waals surface area contributed by atoms with Crippen LogP contribution in [0.5, 0.6) is 0 Å². The van der Waals surface area contributed by atoms with Gasteiger partial charge >= 0.3 is 0 Å². The molecule has 7 heteroatoms. The third-order valence-corrected chi connectivity index (χ3v) is 5.56. The molecule has 0 fully saturated rings. The Balaban J connectivity index is 2.43. The van der Waals surface area contributed by atoms with Crippen molar-refractivity contribution in [2.24, 2.45) is 5.14 Å². The molecule has 0 saturated heterocycles. The fraction of sp³-hybridized carbons (Fsp3) is 0.400. The van der Waals surface area contributed by atoms with Crippen molar-refractivity contribution in [3.05, 3.63) is 39.8 Å². The lowest BCUT2D eigenvalue weighted by atomic mass is 9.91. The molecular formula is C15H17Cl2FN2OS. The summed E-state index contributed by atoms with van der Waals surface area (Å²) < 4.78 is 24.5. The second kappa shape index (κ2) is 6.49. The molecule has 2 atom stereocenters. The number of hydrogen-bond donors (Lipinski definition) is 1. The molecule has 2 N–H and O–H groups in total. The maximum Gasteiger partial charge on any atom is 0.143 e. The highest BCUT2D eigenvalue weighted by molar-refractivity contribution is 7.90. The number of halogens is 3. The maximum absolute atomic E-state index is 13.5. The highest BCUT2D eigenvalue weighted by Crippen LogP contribution is 2.35. The number of nitrogens with two attached hydrogens (primary N) is 1. The largest absolute Gasteiger partial charge is 0.598 e. The van der Waals surface area contributed by atoms with Crippen LogP contribution in [-0.4, -0.2) is 14.3 Å². The first kappa shape index (κ1) is 17.8. The van der Waals surface area contributed by atoms with Crippen molar-refractivity contribution in [1.82, 2.24) is 4.98 Å². The molecule has 0 aliphatic heterocycles. The van der Waals surface area contributed by atoms with Gasteiger partial charge in [-0.1, -0.05) is 30.1 Å². The molecule has 0 amide bonds. The molecule has 1 heterocycles. The van der Waals surface area contributed by atoms with Crippen molar-refractivity contribution in [2.75, 3.05) is 0 Å². The average Bonchev–Trinajstić information content (AvgIpc) is 2.39. The van der Waals surface area contributed by atoms with E-state index in [1.165, 1.54) is 12.1 Å². The molecule has 0 bridgehead atoms. The van der Waals surface area contributed by atoms with Crippen LogP contribution in [0.15, 0.2) is 18.2 Å². The van der Waals surface area contributed by atoms with E-state index < -0.39 is 21.9 Å². The maximum atomic E-state index is 13.5. The zero-order valence-corrected chi connectivity index (χ0v) is 14.8. The Morgan fingerprint density at radius 3 is 2.59 bits per heavy atom. The van der Waals surface area contributed by atoms with Crippen LogP contribution in [0.25, 0.3) is 10.9 Å². The first-order valence-electron chi connectivity index (χ1n) is 6.73. The van der Waals surface area contributed by atoms with E-state index in [0.717, 1.165) is 5.56 Å². The van der Waals surface area contributed by atoms with E-state index in [4.69, 9.17) is 28.3 Å². The monoisotopic (exact) mass is 362 g/mol. The molecule has 0 radical (unpaired) electrons. The summed E-state index contributed by atoms with van der Waals surface area (Å²) >= 11 is 10.6. The van der Waals surface area contributed by atoms with Crippen LogP contribution in [0.3, 0.4) is 0 Å². The van der Waals surface area contributed by atoms with Crippen molar-refractivity contribution in [3.63, 3.8) is 0 Å². The van der Waals surface area contributed by atoms with Gasteiger partial charge in [0.1, 0.15) is 15.7 Å². The first-order chi connectivity index (χ1) is 10.1. The minimum absolute atomic E-state index is 0.00396. The Bertz CT molecular complexity index is 709. The standard InChI is InChI=1S/C15H17Cl2FN2OS/c1-8(7-15(2,3)22(19)21)10-4-9-5-11(16)12(18)6-13(9)20-14(10)17/h4-6,8H,7,19H2,1-3H3. The quantitative estimate of drug-likeness (QED) is 0.639. The summed E-state index contributed by atoms with van der Waals surface area (Å²) in [6.45, 7) is 5.65. The number of rotatable bonds is 4. The van der Waals surface area contributed by atoms with Crippen molar-refractivity contribution in [3.8, 4) is 0 Å². The van der Waals surface area contributed by atoms with Crippen LogP contribution < -0.4 is 5.14 Å². The van der Waals surface area contributed by atoms with Gasteiger partial charge in [0.05, 0.1) is 10.5 Å². The molecule has 120 valence electrons. The lowest BCUT2D eigenvalue weighted by molar-refractivity contribution is 0.500. The topological polar surface area (TPSA) is 62.0 Å². The Morgan fingerprint density at radius 1 is 1.36 bits per heavy atom. The second-order valence-corrected chi connectivity index (χ2v) is 8.45. The number of fused-ring (bicyclic) bond motifs is 1. The second-order valence-electron chi connectivity index (χ2n) is 5.99. The fourth-order valence-corrected chi connectivity index (χ4v) is 3.35. The minimum Gasteiger partial charge on any atom is -0.598 e. The summed E-state index contributed by atoms with van der Waals surface area (Å²) in [7, 11) is 0. The zero-order chi connectivity index (χ0) is 16.7. The summed E-state index contributed by atoms with van der Waals surface area (Å²) in [6.07, 6.45) is 0.581. The molecule has 1 aromatic heterocycles. The Hall–Kier alpha value is -0.590. The van der Waals surface area contributed by atoms with Gasteiger partial charge in [-0.05, 0) is 37.5 Å². The van der Waals surface area contributed by atoms with Gasteiger partial charge in [-0.25, -0.2) is 9.37 Å². The van der Waals surface area contributed by atoms with Gasteiger partial charge in [-0.15, -0.1) is 0 Å². The van der Waals surface area contributed by atoms with Crippen LogP contribution in [0.4, 0.5) is 4.39 Å². The van der Waals surface area contributed by atoms with Gasteiger partial charge in [0.25, 0.3) is 0 Å². The number of hydrogen-bond acceptors (Lipinski definition) is 3. The van der Waals surface area contributed by atoms with Crippen LogP contribution in [0, 0.1) is 5.82 Å². The highest BCUT2D eigenvalue weighted by atomic mass is 35.5. The fourth-order valence-electron chi connectivity index (χ4n) is 2.44. The molecule has 3 nitrogen and oxygen atoms in total. The van der Waals surface area contributed by atoms with Gasteiger partial charge in [0.2, 0.25) is 0 Å². The van der Waals surface area contributed by atoms with Crippen LogP contribution in [0.1, 0.15) is 38.7 Å². The lowest BCUT2D eigenvalue weighted by Gasteiger charge is -2.27. The number of nitrogens with zero attached hydrogens (tertiary/aromatic N) is 1. The lowest BCUT2D eigenvalue weighted by Crippen LogP contribution is -2.38. The van der Waals surface area contributed by atoms with E-state index >= 15 is 0 Å². The van der Waals surface area contributed by atoms with Crippen molar-refractivity contribution in [1.29, 1.82) is 0 Å². The molecule has 0 spiro atoms. The zero-order valence-electron chi connectivity index (χ0n) is 12.5. The van der Waals surface area contributed by atoms with E-state index in [2.05, 4.69) is 4.98 Å². The third-order valence-electron chi connectivity index (χ3n) is 3.71. The number of pyridine rings is 1. The Kier molecular flexibility index (Phi) is 5.24.